The van der Waals surface area contributed by atoms with Crippen LogP contribution >= 0.6 is 0 Å². The molecular weight excluding hydrogens is 362 g/mol. The lowest BCUT2D eigenvalue weighted by Crippen LogP contribution is -2.52. The monoisotopic (exact) mass is 380 g/mol. The average Bonchev–Trinajstić information content (AvgIpc) is 3.03. The lowest BCUT2D eigenvalue weighted by molar-refractivity contribution is 0.157. The van der Waals surface area contributed by atoms with E-state index in [0.29, 0.717) is 40.3 Å². The van der Waals surface area contributed by atoms with Crippen molar-refractivity contribution in [3.05, 3.63) is 54.4 Å². The molecule has 28 heavy (non-hydrogen) atoms. The van der Waals surface area contributed by atoms with E-state index in [1.165, 1.54) is 13.4 Å². The van der Waals surface area contributed by atoms with Crippen LogP contribution in [0.2, 0.25) is 0 Å². The number of nitrogens with one attached hydrogen (secondary N) is 1. The summed E-state index contributed by atoms with van der Waals surface area (Å²) >= 11 is 0. The fourth-order valence-corrected chi connectivity index (χ4v) is 3.18. The minimum atomic E-state index is -1.24. The van der Waals surface area contributed by atoms with E-state index in [4.69, 9.17) is 9.47 Å². The number of ether oxygens (including phenoxy) is 2. The van der Waals surface area contributed by atoms with Gasteiger partial charge in [0.25, 0.3) is 5.90 Å². The Morgan fingerprint density at radius 3 is 2.75 bits per heavy atom. The standard InChI is InChI=1S/C19H17N5O4/c1-3-28-18-16-14(9-6-10-15(16)27-2)24(23-18,19(25)26)22-17-12-7-4-5-8-13(12)20-11-21-17/h4-11H,3H2,1-2H3,(H-,20,21,22,25,26)/p+1. The summed E-state index contributed by atoms with van der Waals surface area (Å²) in [5.74, 6) is 0.992. The number of aromatic nitrogens is 2. The molecule has 0 aliphatic carbocycles. The average molecular weight is 380 g/mol. The van der Waals surface area contributed by atoms with E-state index in [9.17, 15) is 9.90 Å². The summed E-state index contributed by atoms with van der Waals surface area (Å²) in [7, 11) is 1.51. The number of carboxylic acid groups (broad SMARTS) is 1. The minimum Gasteiger partial charge on any atom is -0.496 e. The van der Waals surface area contributed by atoms with Crippen molar-refractivity contribution in [1.29, 1.82) is 0 Å². The van der Waals surface area contributed by atoms with Crippen molar-refractivity contribution in [3.63, 3.8) is 0 Å². The zero-order valence-electron chi connectivity index (χ0n) is 15.3. The topological polar surface area (TPSA) is 106 Å². The number of para-hydroxylation sites is 1. The zero-order valence-corrected chi connectivity index (χ0v) is 15.3. The largest absolute Gasteiger partial charge is 0.573 e. The van der Waals surface area contributed by atoms with Gasteiger partial charge in [0, 0.05) is 21.3 Å². The lowest BCUT2D eigenvalue weighted by Gasteiger charge is -2.23. The quantitative estimate of drug-likeness (QED) is 0.669. The van der Waals surface area contributed by atoms with Crippen molar-refractivity contribution in [2.45, 2.75) is 6.92 Å². The number of benzene rings is 2. The van der Waals surface area contributed by atoms with Gasteiger partial charge in [-0.05, 0) is 25.1 Å². The van der Waals surface area contributed by atoms with Crippen LogP contribution in [0.15, 0.2) is 53.9 Å². The second-order valence-corrected chi connectivity index (χ2v) is 5.96. The SMILES string of the molecule is CCOC1=N[N+](Nc2ncnc3ccccc23)(C(=O)O)c2cccc(OC)c21. The Balaban J connectivity index is 1.93. The normalized spacial score (nSPS) is 17.7. The molecule has 3 aromatic rings. The second-order valence-electron chi connectivity index (χ2n) is 5.96. The van der Waals surface area contributed by atoms with Crippen LogP contribution in [0.4, 0.5) is 16.3 Å². The summed E-state index contributed by atoms with van der Waals surface area (Å²) in [5.41, 5.74) is 4.48. The Morgan fingerprint density at radius 1 is 1.18 bits per heavy atom. The number of carbonyl (C=O) groups is 1. The van der Waals surface area contributed by atoms with Gasteiger partial charge in [0.2, 0.25) is 5.69 Å². The third-order valence-electron chi connectivity index (χ3n) is 4.40. The molecule has 1 aliphatic rings. The Hall–Kier alpha value is -3.72. The van der Waals surface area contributed by atoms with Crippen molar-refractivity contribution >= 4 is 34.4 Å². The summed E-state index contributed by atoms with van der Waals surface area (Å²) in [6.45, 7) is 2.13. The molecule has 0 fully saturated rings. The molecule has 0 radical (unpaired) electrons. The number of nitrogens with zero attached hydrogens (tertiary/aromatic N) is 4. The van der Waals surface area contributed by atoms with E-state index in [0.717, 1.165) is 0 Å². The number of anilines is 1. The highest BCUT2D eigenvalue weighted by Gasteiger charge is 2.52. The van der Waals surface area contributed by atoms with Gasteiger partial charge in [-0.3, -0.25) is 0 Å². The number of hydrogen-bond acceptors (Lipinski definition) is 7. The number of fused-ring (bicyclic) bond motifs is 2. The van der Waals surface area contributed by atoms with Gasteiger partial charge >= 0.3 is 6.09 Å². The number of quaternary nitrogens is 1. The molecule has 1 atom stereocenters. The molecule has 9 nitrogen and oxygen atoms in total. The molecule has 0 bridgehead atoms. The van der Waals surface area contributed by atoms with Gasteiger partial charge in [-0.25, -0.2) is 9.97 Å². The molecule has 1 unspecified atom stereocenters. The summed E-state index contributed by atoms with van der Waals surface area (Å²) < 4.78 is 10.1. The Bertz CT molecular complexity index is 1100. The maximum atomic E-state index is 12.4. The molecule has 2 aromatic carbocycles. The van der Waals surface area contributed by atoms with Gasteiger partial charge in [0.05, 0.1) is 19.2 Å². The van der Waals surface area contributed by atoms with Crippen LogP contribution in [0.1, 0.15) is 12.5 Å². The molecule has 142 valence electrons. The van der Waals surface area contributed by atoms with Crippen LogP contribution in [0.5, 0.6) is 5.75 Å². The van der Waals surface area contributed by atoms with Gasteiger partial charge in [0.1, 0.15) is 12.1 Å². The van der Waals surface area contributed by atoms with Crippen LogP contribution in [0, 0.1) is 0 Å². The fourth-order valence-electron chi connectivity index (χ4n) is 3.18. The number of hydrogen-bond donors (Lipinski definition) is 2. The Kier molecular flexibility index (Phi) is 4.28. The highest BCUT2D eigenvalue weighted by molar-refractivity contribution is 6.09. The van der Waals surface area contributed by atoms with Gasteiger partial charge in [-0.2, -0.15) is 10.2 Å². The molecule has 0 saturated heterocycles. The molecule has 4 rings (SSSR count). The molecule has 1 amide bonds. The molecule has 2 N–H and O–H groups in total. The number of methoxy groups -OCH3 is 1. The van der Waals surface area contributed by atoms with E-state index in [1.54, 1.807) is 25.1 Å². The van der Waals surface area contributed by atoms with Crippen LogP contribution < -0.4 is 14.9 Å². The van der Waals surface area contributed by atoms with Crippen molar-refractivity contribution in [2.24, 2.45) is 5.10 Å². The summed E-state index contributed by atoms with van der Waals surface area (Å²) in [4.78, 5) is 20.9. The maximum Gasteiger partial charge on any atom is 0.573 e. The van der Waals surface area contributed by atoms with E-state index in [-0.39, 0.29) is 5.90 Å². The number of rotatable bonds is 4. The first-order chi connectivity index (χ1) is 13.6. The van der Waals surface area contributed by atoms with Crippen molar-refractivity contribution in [3.8, 4) is 5.75 Å². The zero-order chi connectivity index (χ0) is 19.7. The molecule has 0 spiro atoms. The molecular formula is C19H18N5O4+. The predicted molar refractivity (Wildman–Crippen MR) is 104 cm³/mol. The number of amides is 1. The fraction of sp³-hybridized carbons (Fsp3) is 0.158. The first-order valence-electron chi connectivity index (χ1n) is 8.62. The third kappa shape index (κ3) is 2.60. The molecule has 9 heteroatoms. The van der Waals surface area contributed by atoms with E-state index >= 15 is 0 Å². The maximum absolute atomic E-state index is 12.4. The first-order valence-corrected chi connectivity index (χ1v) is 8.62. The summed E-state index contributed by atoms with van der Waals surface area (Å²) in [6, 6.07) is 12.4. The van der Waals surface area contributed by atoms with Crippen molar-refractivity contribution in [2.75, 3.05) is 19.1 Å². The molecule has 2 heterocycles. The van der Waals surface area contributed by atoms with Gasteiger partial charge < -0.3 is 14.6 Å². The van der Waals surface area contributed by atoms with E-state index < -0.39 is 10.8 Å². The smallest absolute Gasteiger partial charge is 0.496 e. The van der Waals surface area contributed by atoms with Gasteiger partial charge in [0.15, 0.2) is 11.4 Å². The van der Waals surface area contributed by atoms with Crippen LogP contribution in [0.3, 0.4) is 0 Å². The van der Waals surface area contributed by atoms with E-state index in [1.807, 2.05) is 24.3 Å². The lowest BCUT2D eigenvalue weighted by atomic mass is 10.1. The summed E-state index contributed by atoms with van der Waals surface area (Å²) in [5, 5.41) is 15.2. The van der Waals surface area contributed by atoms with Crippen LogP contribution in [-0.4, -0.2) is 40.8 Å². The molecule has 0 saturated carbocycles. The van der Waals surface area contributed by atoms with Crippen LogP contribution in [0.25, 0.3) is 10.9 Å². The second kappa shape index (κ2) is 6.78. The van der Waals surface area contributed by atoms with Crippen molar-refractivity contribution in [1.82, 2.24) is 14.7 Å². The predicted octanol–water partition coefficient (Wildman–Crippen LogP) is 3.36. The first kappa shape index (κ1) is 17.7. The molecule has 1 aliphatic heterocycles. The highest BCUT2D eigenvalue weighted by Crippen LogP contribution is 2.41. The van der Waals surface area contributed by atoms with E-state index in [2.05, 4.69) is 20.5 Å². The highest BCUT2D eigenvalue weighted by atomic mass is 16.5. The Labute approximate surface area is 160 Å². The Morgan fingerprint density at radius 2 is 2.00 bits per heavy atom. The third-order valence-corrected chi connectivity index (χ3v) is 4.40. The molecule has 1 aromatic heterocycles. The van der Waals surface area contributed by atoms with Crippen LogP contribution in [-0.2, 0) is 4.74 Å². The van der Waals surface area contributed by atoms with Gasteiger partial charge in [-0.1, -0.05) is 18.2 Å². The summed E-state index contributed by atoms with van der Waals surface area (Å²) in [6.07, 6.45) is 0.130. The minimum absolute atomic E-state index is 0.184. The van der Waals surface area contributed by atoms with Gasteiger partial charge in [-0.15, -0.1) is 0 Å². The van der Waals surface area contributed by atoms with Crippen molar-refractivity contribution < 1.29 is 19.4 Å².